The zero-order valence-corrected chi connectivity index (χ0v) is 13.5. The third-order valence-electron chi connectivity index (χ3n) is 5.70. The van der Waals surface area contributed by atoms with Crippen LogP contribution >= 0.6 is 0 Å². The molecule has 0 aromatic carbocycles. The van der Waals surface area contributed by atoms with E-state index in [0.717, 1.165) is 38.2 Å². The average Bonchev–Trinajstić information content (AvgIpc) is 3.19. The quantitative estimate of drug-likeness (QED) is 0.845. The van der Waals surface area contributed by atoms with Crippen molar-refractivity contribution in [2.45, 2.75) is 31.0 Å². The molecular formula is C16H21N5O3. The number of fused-ring (bicyclic) bond motifs is 2. The number of aromatic nitrogens is 2. The van der Waals surface area contributed by atoms with Crippen molar-refractivity contribution >= 4 is 12.0 Å². The van der Waals surface area contributed by atoms with Crippen LogP contribution in [0.3, 0.4) is 0 Å². The number of aromatic amines is 1. The highest BCUT2D eigenvalue weighted by Gasteiger charge is 2.63. The number of nitrogens with zero attached hydrogens (tertiary/aromatic N) is 4. The molecule has 2 amide bonds. The van der Waals surface area contributed by atoms with Crippen molar-refractivity contribution in [3.8, 4) is 0 Å². The maximum absolute atomic E-state index is 12.2. The van der Waals surface area contributed by atoms with E-state index in [9.17, 15) is 9.59 Å². The predicted molar refractivity (Wildman–Crippen MR) is 82.9 cm³/mol. The van der Waals surface area contributed by atoms with Gasteiger partial charge in [-0.15, -0.1) is 0 Å². The Kier molecular flexibility index (Phi) is 2.94. The summed E-state index contributed by atoms with van der Waals surface area (Å²) in [6, 6.07) is 0.0323. The third-order valence-corrected chi connectivity index (χ3v) is 5.70. The lowest BCUT2D eigenvalue weighted by molar-refractivity contribution is -0.157. The molecule has 8 nitrogen and oxygen atoms in total. The van der Waals surface area contributed by atoms with Crippen LogP contribution in [0.15, 0.2) is 12.5 Å². The van der Waals surface area contributed by atoms with E-state index >= 15 is 0 Å². The summed E-state index contributed by atoms with van der Waals surface area (Å²) in [5.41, 5.74) is 0.566. The Bertz CT molecular complexity index is 665. The molecule has 3 aliphatic heterocycles. The molecule has 1 aromatic rings. The molecule has 1 N–H and O–H groups in total. The summed E-state index contributed by atoms with van der Waals surface area (Å²) in [5, 5.41) is 0. The molecule has 4 fully saturated rings. The maximum atomic E-state index is 12.2. The van der Waals surface area contributed by atoms with Gasteiger partial charge in [0, 0.05) is 44.0 Å². The predicted octanol–water partition coefficient (Wildman–Crippen LogP) is 0.0371. The summed E-state index contributed by atoms with van der Waals surface area (Å²) in [4.78, 5) is 37.6. The molecule has 24 heavy (non-hydrogen) atoms. The Hall–Kier alpha value is -2.09. The van der Waals surface area contributed by atoms with Crippen molar-refractivity contribution in [2.75, 3.05) is 32.7 Å². The molecule has 1 aromatic heterocycles. The fraction of sp³-hybridized carbons (Fsp3) is 0.688. The number of hydrogen-bond donors (Lipinski definition) is 1. The van der Waals surface area contributed by atoms with E-state index in [1.54, 1.807) is 6.33 Å². The molecule has 1 atom stereocenters. The van der Waals surface area contributed by atoms with Crippen molar-refractivity contribution in [2.24, 2.45) is 5.92 Å². The van der Waals surface area contributed by atoms with Gasteiger partial charge in [0.25, 0.3) is 0 Å². The number of imidazole rings is 1. The summed E-state index contributed by atoms with van der Waals surface area (Å²) < 4.78 is 5.74. The van der Waals surface area contributed by atoms with Gasteiger partial charge in [0.1, 0.15) is 0 Å². The highest BCUT2D eigenvalue weighted by atomic mass is 16.6. The van der Waals surface area contributed by atoms with Gasteiger partial charge < -0.3 is 14.6 Å². The molecule has 8 heteroatoms. The van der Waals surface area contributed by atoms with Crippen molar-refractivity contribution in [3.05, 3.63) is 18.2 Å². The molecule has 128 valence electrons. The van der Waals surface area contributed by atoms with Crippen LogP contribution in [0.4, 0.5) is 4.79 Å². The number of hydrogen-bond acceptors (Lipinski definition) is 5. The molecular weight excluding hydrogens is 310 g/mol. The summed E-state index contributed by atoms with van der Waals surface area (Å²) in [6.45, 7) is 4.16. The molecule has 1 saturated carbocycles. The fourth-order valence-electron chi connectivity index (χ4n) is 4.18. The molecule has 5 rings (SSSR count). The van der Waals surface area contributed by atoms with E-state index < -0.39 is 5.60 Å². The van der Waals surface area contributed by atoms with Crippen LogP contribution in [0.2, 0.25) is 0 Å². The minimum atomic E-state index is -0.506. The second-order valence-electron chi connectivity index (χ2n) is 7.42. The third kappa shape index (κ3) is 2.12. The minimum Gasteiger partial charge on any atom is -0.437 e. The van der Waals surface area contributed by atoms with Gasteiger partial charge in [0.15, 0.2) is 5.60 Å². The van der Waals surface area contributed by atoms with Crippen LogP contribution in [-0.2, 0) is 16.1 Å². The van der Waals surface area contributed by atoms with Crippen LogP contribution < -0.4 is 0 Å². The molecule has 0 bridgehead atoms. The van der Waals surface area contributed by atoms with Gasteiger partial charge in [0.05, 0.1) is 25.5 Å². The normalized spacial score (nSPS) is 28.7. The summed E-state index contributed by atoms with van der Waals surface area (Å²) >= 11 is 0. The number of H-pyrrole nitrogens is 1. The van der Waals surface area contributed by atoms with Crippen LogP contribution in [0.5, 0.6) is 0 Å². The second-order valence-corrected chi connectivity index (χ2v) is 7.42. The first-order valence-corrected chi connectivity index (χ1v) is 8.63. The smallest absolute Gasteiger partial charge is 0.411 e. The summed E-state index contributed by atoms with van der Waals surface area (Å²) in [6.07, 6.45) is 5.31. The first-order valence-electron chi connectivity index (χ1n) is 8.63. The van der Waals surface area contributed by atoms with E-state index in [-0.39, 0.29) is 24.0 Å². The number of nitrogens with one attached hydrogen (secondary N) is 1. The fourth-order valence-corrected chi connectivity index (χ4v) is 4.18. The van der Waals surface area contributed by atoms with Gasteiger partial charge >= 0.3 is 6.09 Å². The first-order chi connectivity index (χ1) is 11.6. The van der Waals surface area contributed by atoms with Crippen LogP contribution in [0, 0.1) is 5.92 Å². The zero-order chi connectivity index (χ0) is 16.3. The lowest BCUT2D eigenvalue weighted by Crippen LogP contribution is -2.72. The lowest BCUT2D eigenvalue weighted by atomic mass is 9.84. The van der Waals surface area contributed by atoms with Gasteiger partial charge in [0.2, 0.25) is 5.91 Å². The molecule has 1 aliphatic carbocycles. The summed E-state index contributed by atoms with van der Waals surface area (Å²) in [5.74, 6) is 0.457. The van der Waals surface area contributed by atoms with Gasteiger partial charge in [-0.05, 0) is 12.8 Å². The number of carbonyl (C=O) groups is 2. The molecule has 1 unspecified atom stereocenters. The van der Waals surface area contributed by atoms with Crippen LogP contribution in [0.1, 0.15) is 18.5 Å². The molecule has 0 radical (unpaired) electrons. The standard InChI is InChI=1S/C16H21N5O3/c22-14(11-1-2-11)20-8-16(9-20)13-7-19(6-12-5-17-10-18-12)3-4-21(13)15(23)24-16/h5,10-11,13H,1-4,6-9H2,(H,17,18). The monoisotopic (exact) mass is 331 g/mol. The Balaban J connectivity index is 1.29. The molecule has 4 heterocycles. The van der Waals surface area contributed by atoms with Crippen molar-refractivity contribution in [1.29, 1.82) is 0 Å². The average molecular weight is 331 g/mol. The number of ether oxygens (including phenoxy) is 1. The Morgan fingerprint density at radius 1 is 1.38 bits per heavy atom. The second kappa shape index (κ2) is 4.95. The van der Waals surface area contributed by atoms with E-state index in [2.05, 4.69) is 14.9 Å². The van der Waals surface area contributed by atoms with E-state index in [1.165, 1.54) is 0 Å². The maximum Gasteiger partial charge on any atom is 0.411 e. The minimum absolute atomic E-state index is 0.0323. The molecule has 3 saturated heterocycles. The Morgan fingerprint density at radius 3 is 2.92 bits per heavy atom. The number of piperazine rings is 1. The van der Waals surface area contributed by atoms with Gasteiger partial charge in [-0.25, -0.2) is 9.78 Å². The van der Waals surface area contributed by atoms with Crippen molar-refractivity contribution in [3.63, 3.8) is 0 Å². The first kappa shape index (κ1) is 14.3. The highest BCUT2D eigenvalue weighted by molar-refractivity contribution is 5.83. The van der Waals surface area contributed by atoms with Gasteiger partial charge in [-0.3, -0.25) is 14.6 Å². The molecule has 1 spiro atoms. The van der Waals surface area contributed by atoms with Crippen LogP contribution in [0.25, 0.3) is 0 Å². The highest BCUT2D eigenvalue weighted by Crippen LogP contribution is 2.42. The number of carbonyl (C=O) groups excluding carboxylic acids is 2. The van der Waals surface area contributed by atoms with Gasteiger partial charge in [-0.2, -0.15) is 0 Å². The Morgan fingerprint density at radius 2 is 2.21 bits per heavy atom. The molecule has 4 aliphatic rings. The summed E-state index contributed by atoms with van der Waals surface area (Å²) in [7, 11) is 0. The van der Waals surface area contributed by atoms with Crippen molar-refractivity contribution < 1.29 is 14.3 Å². The number of rotatable bonds is 3. The van der Waals surface area contributed by atoms with Crippen molar-refractivity contribution in [1.82, 2.24) is 24.7 Å². The number of amides is 2. The van der Waals surface area contributed by atoms with Crippen LogP contribution in [-0.4, -0.2) is 81.0 Å². The largest absolute Gasteiger partial charge is 0.437 e. The topological polar surface area (TPSA) is 81.8 Å². The number of likely N-dealkylation sites (tertiary alicyclic amines) is 1. The SMILES string of the molecule is O=C(C1CC1)N1CC2(C1)OC(=O)N1CCN(Cc3cnc[nH]3)CC12. The van der Waals surface area contributed by atoms with E-state index in [1.807, 2.05) is 16.0 Å². The van der Waals surface area contributed by atoms with E-state index in [0.29, 0.717) is 19.6 Å². The lowest BCUT2D eigenvalue weighted by Gasteiger charge is -2.51. The zero-order valence-electron chi connectivity index (χ0n) is 13.5. The van der Waals surface area contributed by atoms with Gasteiger partial charge in [-0.1, -0.05) is 0 Å². The van der Waals surface area contributed by atoms with E-state index in [4.69, 9.17) is 4.74 Å². The Labute approximate surface area is 139 Å².